The average molecular weight is 303 g/mol. The molecule has 3 N–H and O–H groups in total. The molecule has 0 aromatic heterocycles. The van der Waals surface area contributed by atoms with Crippen LogP contribution in [0.25, 0.3) is 0 Å². The molecule has 0 amide bonds. The lowest BCUT2D eigenvalue weighted by Crippen LogP contribution is -2.24. The number of benzene rings is 1. The summed E-state index contributed by atoms with van der Waals surface area (Å²) in [6.07, 6.45) is 6.83. The van der Waals surface area contributed by atoms with Crippen LogP contribution in [0.2, 0.25) is 0 Å². The maximum absolute atomic E-state index is 9.99. The van der Waals surface area contributed by atoms with Crippen molar-refractivity contribution in [1.82, 2.24) is 0 Å². The SMILES string of the molecule is NCCC(O)C1C=CC=C(OCCOCc2ccccc2)C1. The molecule has 1 aliphatic rings. The number of hydrogen-bond donors (Lipinski definition) is 2. The highest BCUT2D eigenvalue weighted by Gasteiger charge is 2.20. The van der Waals surface area contributed by atoms with E-state index < -0.39 is 6.10 Å². The Morgan fingerprint density at radius 2 is 2.05 bits per heavy atom. The summed E-state index contributed by atoms with van der Waals surface area (Å²) < 4.78 is 11.3. The second-order valence-electron chi connectivity index (χ2n) is 5.42. The lowest BCUT2D eigenvalue weighted by Gasteiger charge is -2.23. The van der Waals surface area contributed by atoms with Crippen LogP contribution in [-0.4, -0.2) is 31.0 Å². The molecule has 22 heavy (non-hydrogen) atoms. The molecule has 0 spiro atoms. The van der Waals surface area contributed by atoms with Gasteiger partial charge in [-0.15, -0.1) is 0 Å². The summed E-state index contributed by atoms with van der Waals surface area (Å²) in [5.74, 6) is 0.987. The van der Waals surface area contributed by atoms with E-state index in [4.69, 9.17) is 15.2 Å². The monoisotopic (exact) mass is 303 g/mol. The molecule has 0 aliphatic heterocycles. The molecular weight excluding hydrogens is 278 g/mol. The second kappa shape index (κ2) is 9.41. The highest BCUT2D eigenvalue weighted by Crippen LogP contribution is 2.23. The molecule has 1 aromatic carbocycles. The van der Waals surface area contributed by atoms with Crippen LogP contribution in [0.4, 0.5) is 0 Å². The molecule has 2 unspecified atom stereocenters. The first-order valence-corrected chi connectivity index (χ1v) is 7.79. The van der Waals surface area contributed by atoms with E-state index in [1.807, 2.05) is 48.6 Å². The molecule has 0 saturated carbocycles. The highest BCUT2D eigenvalue weighted by molar-refractivity contribution is 5.17. The molecule has 1 aliphatic carbocycles. The van der Waals surface area contributed by atoms with Crippen LogP contribution >= 0.6 is 0 Å². The van der Waals surface area contributed by atoms with E-state index in [0.717, 1.165) is 17.7 Å². The maximum Gasteiger partial charge on any atom is 0.111 e. The Labute approximate surface area is 132 Å². The van der Waals surface area contributed by atoms with Crippen molar-refractivity contribution in [3.8, 4) is 0 Å². The van der Waals surface area contributed by atoms with Crippen LogP contribution in [0.1, 0.15) is 18.4 Å². The second-order valence-corrected chi connectivity index (χ2v) is 5.42. The Balaban J connectivity index is 1.63. The first-order valence-electron chi connectivity index (χ1n) is 7.79. The van der Waals surface area contributed by atoms with Crippen molar-refractivity contribution in [2.45, 2.75) is 25.6 Å². The zero-order valence-electron chi connectivity index (χ0n) is 12.9. The van der Waals surface area contributed by atoms with E-state index >= 15 is 0 Å². The van der Waals surface area contributed by atoms with Gasteiger partial charge in [0.25, 0.3) is 0 Å². The summed E-state index contributed by atoms with van der Waals surface area (Å²) in [6, 6.07) is 10.1. The van der Waals surface area contributed by atoms with Crippen molar-refractivity contribution < 1.29 is 14.6 Å². The fourth-order valence-corrected chi connectivity index (χ4v) is 2.43. The van der Waals surface area contributed by atoms with Crippen molar-refractivity contribution in [1.29, 1.82) is 0 Å². The van der Waals surface area contributed by atoms with Gasteiger partial charge < -0.3 is 20.3 Å². The van der Waals surface area contributed by atoms with Gasteiger partial charge in [0.15, 0.2) is 0 Å². The Morgan fingerprint density at radius 1 is 1.23 bits per heavy atom. The van der Waals surface area contributed by atoms with E-state index in [-0.39, 0.29) is 5.92 Å². The van der Waals surface area contributed by atoms with Crippen LogP contribution in [-0.2, 0) is 16.1 Å². The van der Waals surface area contributed by atoms with Gasteiger partial charge in [0.2, 0.25) is 0 Å². The van der Waals surface area contributed by atoms with Crippen molar-refractivity contribution in [3.63, 3.8) is 0 Å². The molecule has 2 atom stereocenters. The highest BCUT2D eigenvalue weighted by atomic mass is 16.5. The lowest BCUT2D eigenvalue weighted by atomic mass is 9.92. The third-order valence-corrected chi connectivity index (χ3v) is 3.66. The summed E-state index contributed by atoms with van der Waals surface area (Å²) in [7, 11) is 0. The molecule has 0 radical (unpaired) electrons. The number of ether oxygens (including phenoxy) is 2. The molecule has 0 bridgehead atoms. The summed E-state index contributed by atoms with van der Waals surface area (Å²) >= 11 is 0. The van der Waals surface area contributed by atoms with Gasteiger partial charge in [-0.05, 0) is 24.6 Å². The third-order valence-electron chi connectivity index (χ3n) is 3.66. The summed E-state index contributed by atoms with van der Waals surface area (Å²) in [5.41, 5.74) is 6.65. The Morgan fingerprint density at radius 3 is 2.82 bits per heavy atom. The molecule has 120 valence electrons. The lowest BCUT2D eigenvalue weighted by molar-refractivity contribution is 0.0567. The van der Waals surface area contributed by atoms with Gasteiger partial charge >= 0.3 is 0 Å². The van der Waals surface area contributed by atoms with Crippen molar-refractivity contribution in [3.05, 3.63) is 59.9 Å². The Bertz CT molecular complexity index is 484. The van der Waals surface area contributed by atoms with E-state index in [1.54, 1.807) is 0 Å². The molecule has 1 aromatic rings. The quantitative estimate of drug-likeness (QED) is 0.688. The van der Waals surface area contributed by atoms with Crippen molar-refractivity contribution in [2.75, 3.05) is 19.8 Å². The van der Waals surface area contributed by atoms with E-state index in [9.17, 15) is 5.11 Å². The molecule has 4 nitrogen and oxygen atoms in total. The molecule has 4 heteroatoms. The van der Waals surface area contributed by atoms with Gasteiger partial charge in [-0.3, -0.25) is 0 Å². The van der Waals surface area contributed by atoms with Gasteiger partial charge in [0.1, 0.15) is 6.61 Å². The normalized spacial score (nSPS) is 18.8. The predicted octanol–water partition coefficient (Wildman–Crippen LogP) is 2.39. The zero-order chi connectivity index (χ0) is 15.6. The summed E-state index contributed by atoms with van der Waals surface area (Å²) in [6.45, 7) is 2.16. The first-order chi connectivity index (χ1) is 10.8. The molecule has 2 rings (SSSR count). The topological polar surface area (TPSA) is 64.7 Å². The summed E-state index contributed by atoms with van der Waals surface area (Å²) in [4.78, 5) is 0. The van der Waals surface area contributed by atoms with Gasteiger partial charge in [-0.25, -0.2) is 0 Å². The largest absolute Gasteiger partial charge is 0.496 e. The third kappa shape index (κ3) is 5.64. The fraction of sp³-hybridized carbons (Fsp3) is 0.444. The smallest absolute Gasteiger partial charge is 0.111 e. The summed E-state index contributed by atoms with van der Waals surface area (Å²) in [5, 5.41) is 9.99. The number of aliphatic hydroxyl groups excluding tert-OH is 1. The number of hydrogen-bond acceptors (Lipinski definition) is 4. The maximum atomic E-state index is 9.99. The first kappa shape index (κ1) is 16.7. The van der Waals surface area contributed by atoms with Crippen LogP contribution in [0.15, 0.2) is 54.3 Å². The molecule has 0 fully saturated rings. The van der Waals surface area contributed by atoms with E-state index in [0.29, 0.717) is 32.8 Å². The van der Waals surface area contributed by atoms with Crippen LogP contribution in [0, 0.1) is 5.92 Å². The molecular formula is C18H25NO3. The zero-order valence-corrected chi connectivity index (χ0v) is 12.9. The average Bonchev–Trinajstić information content (AvgIpc) is 2.56. The number of aliphatic hydroxyl groups is 1. The minimum atomic E-state index is -0.400. The number of allylic oxidation sites excluding steroid dienone is 3. The minimum absolute atomic E-state index is 0.0915. The van der Waals surface area contributed by atoms with Crippen molar-refractivity contribution in [2.24, 2.45) is 11.7 Å². The fourth-order valence-electron chi connectivity index (χ4n) is 2.43. The number of nitrogens with two attached hydrogens (primary N) is 1. The Kier molecular flexibility index (Phi) is 7.16. The van der Waals surface area contributed by atoms with Gasteiger partial charge in [-0.1, -0.05) is 42.5 Å². The minimum Gasteiger partial charge on any atom is -0.496 e. The Hall–Kier alpha value is -1.62. The van der Waals surface area contributed by atoms with Crippen LogP contribution < -0.4 is 5.73 Å². The van der Waals surface area contributed by atoms with Gasteiger partial charge in [0, 0.05) is 12.3 Å². The predicted molar refractivity (Wildman–Crippen MR) is 87.1 cm³/mol. The standard InChI is InChI=1S/C18H25NO3/c19-10-9-18(20)16-7-4-8-17(13-16)22-12-11-21-14-15-5-2-1-3-6-15/h1-8,16,18,20H,9-14,19H2. The van der Waals surface area contributed by atoms with Crippen LogP contribution in [0.3, 0.4) is 0 Å². The number of rotatable bonds is 9. The van der Waals surface area contributed by atoms with Crippen LogP contribution in [0.5, 0.6) is 0 Å². The van der Waals surface area contributed by atoms with E-state index in [1.165, 1.54) is 0 Å². The van der Waals surface area contributed by atoms with E-state index in [2.05, 4.69) is 0 Å². The van der Waals surface area contributed by atoms with Gasteiger partial charge in [0.05, 0.1) is 25.1 Å². The molecule has 0 heterocycles. The molecule has 0 saturated heterocycles. The van der Waals surface area contributed by atoms with Gasteiger partial charge in [-0.2, -0.15) is 0 Å². The van der Waals surface area contributed by atoms with Crippen molar-refractivity contribution >= 4 is 0 Å².